The molecule has 23 heavy (non-hydrogen) atoms. The fourth-order valence-corrected chi connectivity index (χ4v) is 2.67. The maximum atomic E-state index is 12.2. The standard InChI is InChI=1S/C18H32O5/c1-6-7-13(9-18(3,4)5)16(20)22-10-14(19)11-23-17(21)15-8-12(15)2/h12-15,19H,6-11H2,1-5H3. The molecule has 0 amide bonds. The first-order chi connectivity index (χ1) is 10.6. The highest BCUT2D eigenvalue weighted by Gasteiger charge is 2.40. The second-order valence-corrected chi connectivity index (χ2v) is 7.98. The summed E-state index contributed by atoms with van der Waals surface area (Å²) in [5.74, 6) is -0.334. The average molecular weight is 328 g/mol. The summed E-state index contributed by atoms with van der Waals surface area (Å²) in [6.07, 6.45) is 2.34. The van der Waals surface area contributed by atoms with Gasteiger partial charge < -0.3 is 14.6 Å². The number of hydrogen-bond acceptors (Lipinski definition) is 5. The van der Waals surface area contributed by atoms with Crippen LogP contribution in [0.5, 0.6) is 0 Å². The van der Waals surface area contributed by atoms with Crippen molar-refractivity contribution in [1.29, 1.82) is 0 Å². The highest BCUT2D eigenvalue weighted by molar-refractivity contribution is 5.75. The molecule has 0 aromatic heterocycles. The molecule has 0 saturated heterocycles. The Morgan fingerprint density at radius 3 is 2.26 bits per heavy atom. The average Bonchev–Trinajstić information content (AvgIpc) is 3.17. The van der Waals surface area contributed by atoms with Gasteiger partial charge in [-0.2, -0.15) is 0 Å². The summed E-state index contributed by atoms with van der Waals surface area (Å²) in [5, 5.41) is 9.80. The van der Waals surface area contributed by atoms with Crippen LogP contribution in [0.25, 0.3) is 0 Å². The zero-order valence-corrected chi connectivity index (χ0v) is 15.1. The third-order valence-electron chi connectivity index (χ3n) is 4.08. The molecule has 0 heterocycles. The van der Waals surface area contributed by atoms with Gasteiger partial charge in [-0.05, 0) is 30.6 Å². The van der Waals surface area contributed by atoms with Crippen molar-refractivity contribution in [3.8, 4) is 0 Å². The van der Waals surface area contributed by atoms with Crippen molar-refractivity contribution >= 4 is 11.9 Å². The lowest BCUT2D eigenvalue weighted by Gasteiger charge is -2.25. The summed E-state index contributed by atoms with van der Waals surface area (Å²) in [6.45, 7) is 10.1. The number of hydrogen-bond donors (Lipinski definition) is 1. The molecule has 0 spiro atoms. The van der Waals surface area contributed by atoms with E-state index >= 15 is 0 Å². The quantitative estimate of drug-likeness (QED) is 0.659. The van der Waals surface area contributed by atoms with Crippen molar-refractivity contribution < 1.29 is 24.2 Å². The van der Waals surface area contributed by atoms with Crippen molar-refractivity contribution in [3.63, 3.8) is 0 Å². The number of ether oxygens (including phenoxy) is 2. The monoisotopic (exact) mass is 328 g/mol. The Bertz CT molecular complexity index is 399. The molecule has 1 fully saturated rings. The summed E-state index contributed by atoms with van der Waals surface area (Å²) < 4.78 is 10.3. The Morgan fingerprint density at radius 1 is 1.22 bits per heavy atom. The lowest BCUT2D eigenvalue weighted by atomic mass is 9.83. The van der Waals surface area contributed by atoms with E-state index in [-0.39, 0.29) is 42.4 Å². The minimum atomic E-state index is -0.964. The molecule has 0 aliphatic heterocycles. The molecule has 1 aliphatic carbocycles. The van der Waals surface area contributed by atoms with Gasteiger partial charge in [0.1, 0.15) is 19.3 Å². The molecule has 134 valence electrons. The lowest BCUT2D eigenvalue weighted by molar-refractivity contribution is -0.157. The number of carbonyl (C=O) groups excluding carboxylic acids is 2. The van der Waals surface area contributed by atoms with E-state index in [2.05, 4.69) is 20.8 Å². The van der Waals surface area contributed by atoms with Crippen LogP contribution in [0, 0.1) is 23.2 Å². The van der Waals surface area contributed by atoms with E-state index in [1.54, 1.807) is 0 Å². The summed E-state index contributed by atoms with van der Waals surface area (Å²) in [5.41, 5.74) is 0.0496. The molecule has 0 aromatic carbocycles. The Kier molecular flexibility index (Phi) is 7.52. The van der Waals surface area contributed by atoms with E-state index in [4.69, 9.17) is 9.47 Å². The van der Waals surface area contributed by atoms with E-state index < -0.39 is 6.10 Å². The van der Waals surface area contributed by atoms with Gasteiger partial charge in [0, 0.05) is 0 Å². The van der Waals surface area contributed by atoms with Gasteiger partial charge in [-0.3, -0.25) is 9.59 Å². The molecule has 0 aromatic rings. The first kappa shape index (κ1) is 19.9. The van der Waals surface area contributed by atoms with E-state index in [1.165, 1.54) is 0 Å². The zero-order chi connectivity index (χ0) is 17.6. The molecule has 1 N–H and O–H groups in total. The minimum Gasteiger partial charge on any atom is -0.463 e. The Balaban J connectivity index is 2.30. The van der Waals surface area contributed by atoms with Crippen molar-refractivity contribution in [3.05, 3.63) is 0 Å². The normalized spacial score (nSPS) is 23.0. The molecule has 0 radical (unpaired) electrons. The third-order valence-corrected chi connectivity index (χ3v) is 4.08. The van der Waals surface area contributed by atoms with E-state index in [1.807, 2.05) is 13.8 Å². The van der Waals surface area contributed by atoms with Crippen LogP contribution in [-0.2, 0) is 19.1 Å². The first-order valence-electron chi connectivity index (χ1n) is 8.65. The van der Waals surface area contributed by atoms with Crippen molar-refractivity contribution in [2.45, 2.75) is 66.4 Å². The maximum absolute atomic E-state index is 12.2. The summed E-state index contributed by atoms with van der Waals surface area (Å²) in [6, 6.07) is 0. The molecule has 5 heteroatoms. The second kappa shape index (κ2) is 8.67. The SMILES string of the molecule is CCCC(CC(C)(C)C)C(=O)OCC(O)COC(=O)C1CC1C. The van der Waals surface area contributed by atoms with Crippen LogP contribution in [0.1, 0.15) is 60.3 Å². The molecule has 4 unspecified atom stereocenters. The molecule has 4 atom stereocenters. The first-order valence-corrected chi connectivity index (χ1v) is 8.65. The Labute approximate surface area is 139 Å². The van der Waals surface area contributed by atoms with E-state index in [0.29, 0.717) is 5.92 Å². The molecular weight excluding hydrogens is 296 g/mol. The topological polar surface area (TPSA) is 72.8 Å². The van der Waals surface area contributed by atoms with Crippen molar-refractivity contribution in [1.82, 2.24) is 0 Å². The highest BCUT2D eigenvalue weighted by atomic mass is 16.6. The molecule has 0 bridgehead atoms. The van der Waals surface area contributed by atoms with Crippen LogP contribution < -0.4 is 0 Å². The minimum absolute atomic E-state index is 0.0227. The predicted octanol–water partition coefficient (Wildman–Crippen LogP) is 2.94. The van der Waals surface area contributed by atoms with Gasteiger partial charge in [0.15, 0.2) is 0 Å². The fourth-order valence-electron chi connectivity index (χ4n) is 2.67. The summed E-state index contributed by atoms with van der Waals surface area (Å²) in [4.78, 5) is 23.7. The van der Waals surface area contributed by atoms with Crippen LogP contribution in [0.3, 0.4) is 0 Å². The Morgan fingerprint density at radius 2 is 1.78 bits per heavy atom. The highest BCUT2D eigenvalue weighted by Crippen LogP contribution is 2.38. The Hall–Kier alpha value is -1.10. The maximum Gasteiger partial charge on any atom is 0.309 e. The van der Waals surface area contributed by atoms with Crippen LogP contribution in [0.2, 0.25) is 0 Å². The van der Waals surface area contributed by atoms with Gasteiger partial charge in [-0.25, -0.2) is 0 Å². The predicted molar refractivity (Wildman–Crippen MR) is 87.7 cm³/mol. The van der Waals surface area contributed by atoms with Gasteiger partial charge >= 0.3 is 11.9 Å². The molecule has 5 nitrogen and oxygen atoms in total. The van der Waals surface area contributed by atoms with Crippen molar-refractivity contribution in [2.24, 2.45) is 23.2 Å². The second-order valence-electron chi connectivity index (χ2n) is 7.98. The molecule has 1 saturated carbocycles. The number of aliphatic hydroxyl groups is 1. The summed E-state index contributed by atoms with van der Waals surface area (Å²) >= 11 is 0. The number of esters is 2. The molecule has 1 rings (SSSR count). The largest absolute Gasteiger partial charge is 0.463 e. The number of rotatable bonds is 9. The number of aliphatic hydroxyl groups excluding tert-OH is 1. The third kappa shape index (κ3) is 7.82. The smallest absolute Gasteiger partial charge is 0.309 e. The zero-order valence-electron chi connectivity index (χ0n) is 15.1. The van der Waals surface area contributed by atoms with Gasteiger partial charge in [0.2, 0.25) is 0 Å². The summed E-state index contributed by atoms with van der Waals surface area (Å²) in [7, 11) is 0. The molecular formula is C18H32O5. The van der Waals surface area contributed by atoms with Crippen LogP contribution in [-0.4, -0.2) is 36.4 Å². The van der Waals surface area contributed by atoms with Gasteiger partial charge in [-0.1, -0.05) is 41.0 Å². The van der Waals surface area contributed by atoms with Crippen LogP contribution >= 0.6 is 0 Å². The van der Waals surface area contributed by atoms with Gasteiger partial charge in [0.05, 0.1) is 11.8 Å². The fraction of sp³-hybridized carbons (Fsp3) is 0.889. The van der Waals surface area contributed by atoms with Gasteiger partial charge in [0.25, 0.3) is 0 Å². The van der Waals surface area contributed by atoms with E-state index in [9.17, 15) is 14.7 Å². The lowest BCUT2D eigenvalue weighted by Crippen LogP contribution is -2.29. The van der Waals surface area contributed by atoms with E-state index in [0.717, 1.165) is 25.7 Å². The molecule has 1 aliphatic rings. The van der Waals surface area contributed by atoms with Crippen molar-refractivity contribution in [2.75, 3.05) is 13.2 Å². The van der Waals surface area contributed by atoms with Crippen LogP contribution in [0.15, 0.2) is 0 Å². The van der Waals surface area contributed by atoms with Crippen LogP contribution in [0.4, 0.5) is 0 Å². The van der Waals surface area contributed by atoms with Gasteiger partial charge in [-0.15, -0.1) is 0 Å². The number of carbonyl (C=O) groups is 2.